The summed E-state index contributed by atoms with van der Waals surface area (Å²) in [6.45, 7) is 7.11. The van der Waals surface area contributed by atoms with Crippen LogP contribution >= 0.6 is 0 Å². The zero-order chi connectivity index (χ0) is 22.0. The van der Waals surface area contributed by atoms with Crippen molar-refractivity contribution in [3.8, 4) is 0 Å². The van der Waals surface area contributed by atoms with E-state index in [1.54, 1.807) is 0 Å². The van der Waals surface area contributed by atoms with Crippen molar-refractivity contribution in [3.05, 3.63) is 36.4 Å². The monoisotopic (exact) mass is 425 g/mol. The molecule has 0 bridgehead atoms. The molecule has 2 aliphatic heterocycles. The Kier molecular flexibility index (Phi) is 6.41. The molecule has 2 heterocycles. The summed E-state index contributed by atoms with van der Waals surface area (Å²) in [7, 11) is 0. The van der Waals surface area contributed by atoms with Gasteiger partial charge in [-0.1, -0.05) is 26.0 Å². The lowest BCUT2D eigenvalue weighted by atomic mass is 9.85. The molecule has 0 aromatic heterocycles. The number of amides is 3. The molecule has 3 aliphatic rings. The highest BCUT2D eigenvalue weighted by atomic mass is 16.5. The maximum absolute atomic E-state index is 13.2. The summed E-state index contributed by atoms with van der Waals surface area (Å²) in [4.78, 5) is 42.8. The van der Waals surface area contributed by atoms with Gasteiger partial charge in [-0.25, -0.2) is 0 Å². The van der Waals surface area contributed by atoms with Crippen molar-refractivity contribution in [1.29, 1.82) is 0 Å². The van der Waals surface area contributed by atoms with E-state index in [4.69, 9.17) is 4.74 Å². The summed E-state index contributed by atoms with van der Waals surface area (Å²) in [6.07, 6.45) is 5.52. The summed E-state index contributed by atoms with van der Waals surface area (Å²) in [5.41, 5.74) is 1.75. The first-order valence-corrected chi connectivity index (χ1v) is 11.2. The number of ether oxygens (including phenoxy) is 1. The lowest BCUT2D eigenvalue weighted by Gasteiger charge is -2.29. The third-order valence-electron chi connectivity index (χ3n) is 6.36. The van der Waals surface area contributed by atoms with Crippen LogP contribution in [0.4, 0.5) is 11.4 Å². The highest BCUT2D eigenvalue weighted by Crippen LogP contribution is 2.37. The van der Waals surface area contributed by atoms with Gasteiger partial charge in [-0.2, -0.15) is 0 Å². The molecule has 0 radical (unpaired) electrons. The molecule has 1 N–H and O–H groups in total. The van der Waals surface area contributed by atoms with Crippen LogP contribution in [0.1, 0.15) is 33.1 Å². The van der Waals surface area contributed by atoms with Gasteiger partial charge in [0.2, 0.25) is 17.7 Å². The molecule has 7 heteroatoms. The summed E-state index contributed by atoms with van der Waals surface area (Å²) in [6, 6.07) is 6.90. The van der Waals surface area contributed by atoms with Gasteiger partial charge >= 0.3 is 0 Å². The molecule has 4 rings (SSSR count). The van der Waals surface area contributed by atoms with Gasteiger partial charge in [0.05, 0.1) is 25.0 Å². The van der Waals surface area contributed by atoms with E-state index in [1.807, 2.05) is 50.3 Å². The van der Waals surface area contributed by atoms with Gasteiger partial charge in [-0.15, -0.1) is 0 Å². The van der Waals surface area contributed by atoms with Crippen LogP contribution in [0.3, 0.4) is 0 Å². The van der Waals surface area contributed by atoms with Gasteiger partial charge in [-0.05, 0) is 49.4 Å². The van der Waals surface area contributed by atoms with Crippen molar-refractivity contribution in [2.45, 2.75) is 39.2 Å². The lowest BCUT2D eigenvalue weighted by molar-refractivity contribution is -0.147. The van der Waals surface area contributed by atoms with E-state index in [2.05, 4.69) is 10.2 Å². The van der Waals surface area contributed by atoms with Crippen LogP contribution < -0.4 is 10.2 Å². The fourth-order valence-electron chi connectivity index (χ4n) is 4.71. The molecule has 2 fully saturated rings. The molecule has 166 valence electrons. The zero-order valence-corrected chi connectivity index (χ0v) is 18.3. The molecule has 0 spiro atoms. The van der Waals surface area contributed by atoms with Crippen LogP contribution in [0, 0.1) is 17.8 Å². The van der Waals surface area contributed by atoms with Crippen molar-refractivity contribution in [3.63, 3.8) is 0 Å². The number of carbonyl (C=O) groups is 3. The fourth-order valence-corrected chi connectivity index (χ4v) is 4.71. The summed E-state index contributed by atoms with van der Waals surface area (Å²) < 4.78 is 5.39. The molecule has 1 aromatic carbocycles. The van der Waals surface area contributed by atoms with Gasteiger partial charge in [0.15, 0.2) is 0 Å². The number of rotatable bonds is 6. The first kappa shape index (κ1) is 21.6. The van der Waals surface area contributed by atoms with Crippen LogP contribution in [0.15, 0.2) is 36.4 Å². The molecule has 3 amide bonds. The number of imide groups is 1. The number of morpholine rings is 1. The molecular formula is C24H31N3O4. The zero-order valence-electron chi connectivity index (χ0n) is 18.3. The quantitative estimate of drug-likeness (QED) is 0.560. The Hall–Kier alpha value is -2.67. The first-order chi connectivity index (χ1) is 15.0. The van der Waals surface area contributed by atoms with Gasteiger partial charge < -0.3 is 15.0 Å². The van der Waals surface area contributed by atoms with E-state index in [0.29, 0.717) is 38.2 Å². The topological polar surface area (TPSA) is 79.0 Å². The Morgan fingerprint density at radius 2 is 1.61 bits per heavy atom. The Bertz CT molecular complexity index is 832. The minimum atomic E-state index is -0.787. The Balaban J connectivity index is 1.48. The van der Waals surface area contributed by atoms with E-state index in [9.17, 15) is 14.4 Å². The Labute approximate surface area is 183 Å². The van der Waals surface area contributed by atoms with Crippen LogP contribution in [-0.2, 0) is 19.1 Å². The third-order valence-corrected chi connectivity index (χ3v) is 6.36. The van der Waals surface area contributed by atoms with E-state index >= 15 is 0 Å². The average molecular weight is 426 g/mol. The molecule has 1 aromatic rings. The third kappa shape index (κ3) is 4.51. The largest absolute Gasteiger partial charge is 0.378 e. The predicted molar refractivity (Wildman–Crippen MR) is 119 cm³/mol. The van der Waals surface area contributed by atoms with Gasteiger partial charge in [-0.3, -0.25) is 19.3 Å². The number of hydrogen-bond donors (Lipinski definition) is 1. The maximum atomic E-state index is 13.2. The standard InChI is InChI=1S/C24H31N3O4/c1-16(2)15-21(27-23(29)19-5-3-4-6-20(19)24(27)30)22(28)25-17-7-9-18(10-8-17)26-11-13-31-14-12-26/h3-4,7-10,16,19-21H,5-6,11-15H2,1-2H3,(H,25,28). The van der Waals surface area contributed by atoms with Gasteiger partial charge in [0.1, 0.15) is 6.04 Å². The fraction of sp³-hybridized carbons (Fsp3) is 0.542. The smallest absolute Gasteiger partial charge is 0.247 e. The maximum Gasteiger partial charge on any atom is 0.247 e. The number of likely N-dealkylation sites (tertiary alicyclic amines) is 1. The molecular weight excluding hydrogens is 394 g/mol. The molecule has 3 unspecified atom stereocenters. The SMILES string of the molecule is CC(C)CC(C(=O)Nc1ccc(N2CCOCC2)cc1)N1C(=O)C2CC=CCC2C1=O. The molecule has 0 saturated carbocycles. The molecule has 1 aliphatic carbocycles. The number of anilines is 2. The van der Waals surface area contributed by atoms with Gasteiger partial charge in [0, 0.05) is 24.5 Å². The number of carbonyl (C=O) groups excluding carboxylic acids is 3. The minimum absolute atomic E-state index is 0.167. The van der Waals surface area contributed by atoms with Crippen LogP contribution in [-0.4, -0.2) is 55.0 Å². The first-order valence-electron chi connectivity index (χ1n) is 11.2. The number of fused-ring (bicyclic) bond motifs is 1. The van der Waals surface area contributed by atoms with Crippen molar-refractivity contribution >= 4 is 29.1 Å². The van der Waals surface area contributed by atoms with E-state index < -0.39 is 6.04 Å². The van der Waals surface area contributed by atoms with Crippen molar-refractivity contribution in [1.82, 2.24) is 4.90 Å². The second-order valence-electron chi connectivity index (χ2n) is 8.98. The number of nitrogens with one attached hydrogen (secondary N) is 1. The molecule has 3 atom stereocenters. The van der Waals surface area contributed by atoms with E-state index in [-0.39, 0.29) is 35.5 Å². The van der Waals surface area contributed by atoms with Crippen LogP contribution in [0.25, 0.3) is 0 Å². The van der Waals surface area contributed by atoms with E-state index in [1.165, 1.54) is 4.90 Å². The summed E-state index contributed by atoms with van der Waals surface area (Å²) in [5, 5.41) is 2.93. The van der Waals surface area contributed by atoms with E-state index in [0.717, 1.165) is 18.8 Å². The number of nitrogens with zero attached hydrogens (tertiary/aromatic N) is 2. The molecule has 31 heavy (non-hydrogen) atoms. The van der Waals surface area contributed by atoms with Crippen LogP contribution in [0.5, 0.6) is 0 Å². The number of hydrogen-bond acceptors (Lipinski definition) is 5. The molecule has 2 saturated heterocycles. The number of benzene rings is 1. The van der Waals surface area contributed by atoms with Crippen LogP contribution in [0.2, 0.25) is 0 Å². The summed E-state index contributed by atoms with van der Waals surface area (Å²) >= 11 is 0. The highest BCUT2D eigenvalue weighted by molar-refractivity contribution is 6.10. The Morgan fingerprint density at radius 3 is 2.16 bits per heavy atom. The second-order valence-corrected chi connectivity index (χ2v) is 8.98. The average Bonchev–Trinajstić information content (AvgIpc) is 3.03. The lowest BCUT2D eigenvalue weighted by Crippen LogP contribution is -2.48. The van der Waals surface area contributed by atoms with Gasteiger partial charge in [0.25, 0.3) is 0 Å². The Morgan fingerprint density at radius 1 is 1.03 bits per heavy atom. The second kappa shape index (κ2) is 9.22. The minimum Gasteiger partial charge on any atom is -0.378 e. The molecule has 7 nitrogen and oxygen atoms in total. The normalized spacial score (nSPS) is 24.5. The van der Waals surface area contributed by atoms with Crippen molar-refractivity contribution in [2.75, 3.05) is 36.5 Å². The number of allylic oxidation sites excluding steroid dienone is 2. The summed E-state index contributed by atoms with van der Waals surface area (Å²) in [5.74, 6) is -1.20. The van der Waals surface area contributed by atoms with Crippen molar-refractivity contribution < 1.29 is 19.1 Å². The predicted octanol–water partition coefficient (Wildman–Crippen LogP) is 2.83. The van der Waals surface area contributed by atoms with Crippen molar-refractivity contribution in [2.24, 2.45) is 17.8 Å². The highest BCUT2D eigenvalue weighted by Gasteiger charge is 2.51.